The standard InChI is InChI=1S/C12H13O4/c1-3-11(13)16-12(14)8-9-4-6-10(15-2)7-5-9/h4-7H,1,3,8H2,2H3. The number of hydrogen-bond acceptors (Lipinski definition) is 4. The summed E-state index contributed by atoms with van der Waals surface area (Å²) in [6, 6.07) is 6.97. The maximum absolute atomic E-state index is 11.2. The average molecular weight is 221 g/mol. The Morgan fingerprint density at radius 2 is 1.81 bits per heavy atom. The summed E-state index contributed by atoms with van der Waals surface area (Å²) >= 11 is 0. The topological polar surface area (TPSA) is 52.6 Å². The molecule has 4 heteroatoms. The van der Waals surface area contributed by atoms with Crippen molar-refractivity contribution in [1.29, 1.82) is 0 Å². The van der Waals surface area contributed by atoms with Gasteiger partial charge in [-0.3, -0.25) is 9.59 Å². The number of ether oxygens (including phenoxy) is 2. The Morgan fingerprint density at radius 3 is 2.31 bits per heavy atom. The maximum Gasteiger partial charge on any atom is 0.317 e. The zero-order valence-corrected chi connectivity index (χ0v) is 9.06. The van der Waals surface area contributed by atoms with Crippen molar-refractivity contribution in [3.05, 3.63) is 36.8 Å². The van der Waals surface area contributed by atoms with Crippen molar-refractivity contribution in [3.8, 4) is 5.75 Å². The molecule has 1 aromatic rings. The third kappa shape index (κ3) is 3.73. The van der Waals surface area contributed by atoms with Crippen LogP contribution in [0, 0.1) is 6.92 Å². The largest absolute Gasteiger partial charge is 0.497 e. The Hall–Kier alpha value is -1.84. The summed E-state index contributed by atoms with van der Waals surface area (Å²) in [6.45, 7) is 3.33. The molecule has 0 aliphatic rings. The van der Waals surface area contributed by atoms with E-state index in [2.05, 4.69) is 11.7 Å². The fourth-order valence-electron chi connectivity index (χ4n) is 1.12. The summed E-state index contributed by atoms with van der Waals surface area (Å²) in [5, 5.41) is 0. The zero-order valence-electron chi connectivity index (χ0n) is 9.06. The van der Waals surface area contributed by atoms with Crippen molar-refractivity contribution >= 4 is 11.9 Å². The van der Waals surface area contributed by atoms with Crippen LogP contribution in [0.1, 0.15) is 12.0 Å². The molecule has 0 spiro atoms. The number of carbonyl (C=O) groups is 2. The maximum atomic E-state index is 11.2. The highest BCUT2D eigenvalue weighted by atomic mass is 16.6. The molecule has 0 aromatic heterocycles. The van der Waals surface area contributed by atoms with Crippen LogP contribution in [-0.2, 0) is 20.7 Å². The van der Waals surface area contributed by atoms with Crippen LogP contribution in [0.4, 0.5) is 0 Å². The van der Waals surface area contributed by atoms with Gasteiger partial charge in [0.2, 0.25) is 0 Å². The highest BCUT2D eigenvalue weighted by Crippen LogP contribution is 2.11. The first kappa shape index (κ1) is 12.2. The summed E-state index contributed by atoms with van der Waals surface area (Å²) in [4.78, 5) is 22.0. The first-order chi connectivity index (χ1) is 7.65. The predicted octanol–water partition coefficient (Wildman–Crippen LogP) is 1.53. The predicted molar refractivity (Wildman–Crippen MR) is 57.8 cm³/mol. The van der Waals surface area contributed by atoms with Crippen LogP contribution >= 0.6 is 0 Å². The number of esters is 2. The van der Waals surface area contributed by atoms with Crippen molar-refractivity contribution in [1.82, 2.24) is 0 Å². The van der Waals surface area contributed by atoms with E-state index >= 15 is 0 Å². The highest BCUT2D eigenvalue weighted by molar-refractivity contribution is 5.86. The fraction of sp³-hybridized carbons (Fsp3) is 0.250. The van der Waals surface area contributed by atoms with Crippen LogP contribution in [0.5, 0.6) is 5.75 Å². The number of carbonyl (C=O) groups excluding carboxylic acids is 2. The monoisotopic (exact) mass is 221 g/mol. The third-order valence-electron chi connectivity index (χ3n) is 1.94. The SMILES string of the molecule is [CH2]CC(=O)OC(=O)Cc1ccc(OC)cc1. The van der Waals surface area contributed by atoms with Crippen molar-refractivity contribution in [2.45, 2.75) is 12.8 Å². The van der Waals surface area contributed by atoms with Crippen LogP contribution in [-0.4, -0.2) is 19.0 Å². The molecule has 0 aliphatic carbocycles. The molecule has 0 heterocycles. The van der Waals surface area contributed by atoms with Crippen LogP contribution < -0.4 is 4.74 Å². The van der Waals surface area contributed by atoms with Crippen LogP contribution in [0.25, 0.3) is 0 Å². The summed E-state index contributed by atoms with van der Waals surface area (Å²) in [5.41, 5.74) is 0.766. The Labute approximate surface area is 94.2 Å². The van der Waals surface area contributed by atoms with Gasteiger partial charge in [-0.15, -0.1) is 0 Å². The zero-order chi connectivity index (χ0) is 12.0. The number of hydrogen-bond donors (Lipinski definition) is 0. The van der Waals surface area contributed by atoms with Crippen molar-refractivity contribution in [2.75, 3.05) is 7.11 Å². The van der Waals surface area contributed by atoms with E-state index in [1.807, 2.05) is 0 Å². The minimum Gasteiger partial charge on any atom is -0.497 e. The second-order valence-electron chi connectivity index (χ2n) is 3.12. The van der Waals surface area contributed by atoms with Crippen LogP contribution in [0.2, 0.25) is 0 Å². The van der Waals surface area contributed by atoms with Gasteiger partial charge in [0, 0.05) is 6.42 Å². The van der Waals surface area contributed by atoms with Gasteiger partial charge in [0.15, 0.2) is 0 Å². The summed E-state index contributed by atoms with van der Waals surface area (Å²) in [7, 11) is 1.57. The number of rotatable bonds is 4. The molecule has 0 N–H and O–H groups in total. The Morgan fingerprint density at radius 1 is 1.19 bits per heavy atom. The van der Waals surface area contributed by atoms with Gasteiger partial charge >= 0.3 is 11.9 Å². The molecule has 85 valence electrons. The van der Waals surface area contributed by atoms with E-state index in [1.165, 1.54) is 0 Å². The van der Waals surface area contributed by atoms with Crippen molar-refractivity contribution in [3.63, 3.8) is 0 Å². The van der Waals surface area contributed by atoms with Gasteiger partial charge in [-0.2, -0.15) is 0 Å². The highest BCUT2D eigenvalue weighted by Gasteiger charge is 2.09. The van der Waals surface area contributed by atoms with Crippen molar-refractivity contribution < 1.29 is 19.1 Å². The van der Waals surface area contributed by atoms with E-state index in [-0.39, 0.29) is 12.8 Å². The molecule has 16 heavy (non-hydrogen) atoms. The lowest BCUT2D eigenvalue weighted by Gasteiger charge is -2.03. The van der Waals surface area contributed by atoms with Gasteiger partial charge in [0.05, 0.1) is 13.5 Å². The molecule has 0 bridgehead atoms. The van der Waals surface area contributed by atoms with E-state index in [9.17, 15) is 9.59 Å². The van der Waals surface area contributed by atoms with Gasteiger partial charge in [0.25, 0.3) is 0 Å². The molecule has 0 atom stereocenters. The third-order valence-corrected chi connectivity index (χ3v) is 1.94. The van der Waals surface area contributed by atoms with Crippen molar-refractivity contribution in [2.24, 2.45) is 0 Å². The second-order valence-corrected chi connectivity index (χ2v) is 3.12. The molecule has 0 saturated heterocycles. The van der Waals surface area contributed by atoms with E-state index in [4.69, 9.17) is 4.74 Å². The Bertz CT molecular complexity index is 367. The Balaban J connectivity index is 2.52. The van der Waals surface area contributed by atoms with Crippen LogP contribution in [0.3, 0.4) is 0 Å². The minimum atomic E-state index is -0.612. The number of benzene rings is 1. The van der Waals surface area contributed by atoms with E-state index < -0.39 is 11.9 Å². The molecule has 4 nitrogen and oxygen atoms in total. The molecule has 1 radical (unpaired) electrons. The second kappa shape index (κ2) is 5.90. The first-order valence-corrected chi connectivity index (χ1v) is 4.81. The molecule has 0 fully saturated rings. The molecule has 0 unspecified atom stereocenters. The minimum absolute atomic E-state index is 0.0473. The summed E-state index contributed by atoms with van der Waals surface area (Å²) in [5.74, 6) is -0.469. The molecular weight excluding hydrogens is 208 g/mol. The fourth-order valence-corrected chi connectivity index (χ4v) is 1.12. The number of methoxy groups -OCH3 is 1. The lowest BCUT2D eigenvalue weighted by atomic mass is 10.1. The smallest absolute Gasteiger partial charge is 0.317 e. The Kier molecular flexibility index (Phi) is 4.51. The van der Waals surface area contributed by atoms with Gasteiger partial charge in [-0.05, 0) is 24.6 Å². The van der Waals surface area contributed by atoms with E-state index in [0.29, 0.717) is 5.75 Å². The molecule has 1 rings (SSSR count). The molecule has 0 aliphatic heterocycles. The molecule has 0 saturated carbocycles. The average Bonchev–Trinajstić information content (AvgIpc) is 2.29. The van der Waals surface area contributed by atoms with E-state index in [1.54, 1.807) is 31.4 Å². The first-order valence-electron chi connectivity index (χ1n) is 4.81. The quantitative estimate of drug-likeness (QED) is 0.571. The molecular formula is C12H13O4. The van der Waals surface area contributed by atoms with E-state index in [0.717, 1.165) is 5.56 Å². The normalized spacial score (nSPS) is 9.62. The molecule has 0 amide bonds. The van der Waals surface area contributed by atoms with Gasteiger partial charge in [-0.1, -0.05) is 12.1 Å². The lowest BCUT2D eigenvalue weighted by Crippen LogP contribution is -2.13. The summed E-state index contributed by atoms with van der Waals surface area (Å²) < 4.78 is 9.47. The molecule has 1 aromatic carbocycles. The van der Waals surface area contributed by atoms with Gasteiger partial charge < -0.3 is 9.47 Å². The van der Waals surface area contributed by atoms with Crippen LogP contribution in [0.15, 0.2) is 24.3 Å². The summed E-state index contributed by atoms with van der Waals surface area (Å²) in [6.07, 6.45) is 0.0179. The lowest BCUT2D eigenvalue weighted by molar-refractivity contribution is -0.158. The van der Waals surface area contributed by atoms with Gasteiger partial charge in [0.1, 0.15) is 5.75 Å². The van der Waals surface area contributed by atoms with Gasteiger partial charge in [-0.25, -0.2) is 0 Å².